The Morgan fingerprint density at radius 1 is 0.383 bits per heavy atom. The zero-order chi connectivity index (χ0) is 31.5. The van der Waals surface area contributed by atoms with Crippen LogP contribution in [0.1, 0.15) is 25.0 Å². The maximum atomic E-state index is 5.08. The van der Waals surface area contributed by atoms with Gasteiger partial charge in [0, 0.05) is 22.7 Å². The topological polar surface area (TPSA) is 12.9 Å². The van der Waals surface area contributed by atoms with Gasteiger partial charge in [0.2, 0.25) is 0 Å². The molecule has 0 bridgehead atoms. The van der Waals surface area contributed by atoms with Gasteiger partial charge in [0.05, 0.1) is 5.69 Å². The average molecular weight is 600 g/mol. The number of hydrogen-bond donors (Lipinski definition) is 0. The third-order valence-electron chi connectivity index (χ3n) is 10.1. The Kier molecular flexibility index (Phi) is 6.23. The third kappa shape index (κ3) is 4.35. The van der Waals surface area contributed by atoms with E-state index in [-0.39, 0.29) is 5.41 Å². The normalized spacial score (nSPS) is 13.1. The highest BCUT2D eigenvalue weighted by atomic mass is 14.7. The lowest BCUT2D eigenvalue weighted by Gasteiger charge is -2.22. The molecule has 7 aromatic carbocycles. The number of aromatic nitrogens is 1. The fraction of sp³-hybridized carbons (Fsp3) is 0.0652. The predicted octanol–water partition coefficient (Wildman–Crippen LogP) is 12.4. The van der Waals surface area contributed by atoms with Crippen LogP contribution >= 0.6 is 0 Å². The minimum atomic E-state index is -0.00614. The second-order valence-electron chi connectivity index (χ2n) is 13.1. The molecular weight excluding hydrogens is 567 g/mol. The van der Waals surface area contributed by atoms with E-state index in [1.807, 2.05) is 6.20 Å². The van der Waals surface area contributed by atoms with Crippen molar-refractivity contribution in [2.24, 2.45) is 0 Å². The fourth-order valence-corrected chi connectivity index (χ4v) is 7.77. The first-order chi connectivity index (χ1) is 23.1. The van der Waals surface area contributed by atoms with Crippen LogP contribution in [-0.4, -0.2) is 4.98 Å². The molecule has 1 aliphatic carbocycles. The molecule has 0 spiro atoms. The first-order valence-electron chi connectivity index (χ1n) is 16.4. The van der Waals surface area contributed by atoms with Gasteiger partial charge in [-0.1, -0.05) is 159 Å². The standard InChI is InChI=1S/C46H33N/c1-46(2)41-19-11-10-14-35(41)36-26-24-33(28-42(36)46)30-20-22-31(23-21-30)34-25-27-43(47-29-34)45-39-17-8-6-15-37(39)44(32-12-4-3-5-13-32)38-16-7-9-18-40(38)45/h3-29H,1-2H3. The summed E-state index contributed by atoms with van der Waals surface area (Å²) in [5.74, 6) is 0. The van der Waals surface area contributed by atoms with Crippen molar-refractivity contribution in [1.82, 2.24) is 4.98 Å². The van der Waals surface area contributed by atoms with Gasteiger partial charge < -0.3 is 0 Å². The molecule has 0 atom stereocenters. The summed E-state index contributed by atoms with van der Waals surface area (Å²) < 4.78 is 0. The lowest BCUT2D eigenvalue weighted by molar-refractivity contribution is 0.660. The molecule has 0 amide bonds. The molecule has 1 aliphatic rings. The number of nitrogens with zero attached hydrogens (tertiary/aromatic N) is 1. The van der Waals surface area contributed by atoms with Crippen LogP contribution in [-0.2, 0) is 5.41 Å². The van der Waals surface area contributed by atoms with Crippen molar-refractivity contribution in [1.29, 1.82) is 0 Å². The lowest BCUT2D eigenvalue weighted by atomic mass is 9.81. The molecule has 0 unspecified atom stereocenters. The number of benzene rings is 7. The highest BCUT2D eigenvalue weighted by molar-refractivity contribution is 6.21. The van der Waals surface area contributed by atoms with Crippen molar-refractivity contribution in [3.8, 4) is 55.8 Å². The van der Waals surface area contributed by atoms with Crippen LogP contribution < -0.4 is 0 Å². The van der Waals surface area contributed by atoms with Crippen molar-refractivity contribution in [2.45, 2.75) is 19.3 Å². The monoisotopic (exact) mass is 599 g/mol. The summed E-state index contributed by atoms with van der Waals surface area (Å²) in [5.41, 5.74) is 14.9. The van der Waals surface area contributed by atoms with Gasteiger partial charge in [-0.05, 0) is 83.7 Å². The molecule has 0 saturated carbocycles. The Morgan fingerprint density at radius 2 is 0.894 bits per heavy atom. The zero-order valence-electron chi connectivity index (χ0n) is 26.5. The van der Waals surface area contributed by atoms with E-state index in [1.165, 1.54) is 71.6 Å². The minimum absolute atomic E-state index is 0.00614. The fourth-order valence-electron chi connectivity index (χ4n) is 7.77. The number of hydrogen-bond acceptors (Lipinski definition) is 1. The number of fused-ring (bicyclic) bond motifs is 5. The van der Waals surface area contributed by atoms with Gasteiger partial charge in [0.25, 0.3) is 0 Å². The molecule has 222 valence electrons. The van der Waals surface area contributed by atoms with Gasteiger partial charge >= 0.3 is 0 Å². The van der Waals surface area contributed by atoms with Gasteiger partial charge in [-0.15, -0.1) is 0 Å². The Labute approximate surface area is 275 Å². The SMILES string of the molecule is CC1(C)c2ccccc2-c2ccc(-c3ccc(-c4ccc(-c5c6ccccc6c(-c6ccccc6)c6ccccc56)nc4)cc3)cc21. The summed E-state index contributed by atoms with van der Waals surface area (Å²) in [6, 6.07) is 57.3. The Bertz CT molecular complexity index is 2390. The highest BCUT2D eigenvalue weighted by Crippen LogP contribution is 2.49. The van der Waals surface area contributed by atoms with Crippen LogP contribution in [0.3, 0.4) is 0 Å². The van der Waals surface area contributed by atoms with Crippen LogP contribution in [0.15, 0.2) is 164 Å². The molecule has 0 N–H and O–H groups in total. The van der Waals surface area contributed by atoms with Crippen molar-refractivity contribution in [2.75, 3.05) is 0 Å². The quantitative estimate of drug-likeness (QED) is 0.183. The predicted molar refractivity (Wildman–Crippen MR) is 199 cm³/mol. The Morgan fingerprint density at radius 3 is 1.53 bits per heavy atom. The molecular formula is C46H33N. The van der Waals surface area contributed by atoms with E-state index in [1.54, 1.807) is 0 Å². The minimum Gasteiger partial charge on any atom is -0.256 e. The molecule has 0 fully saturated rings. The van der Waals surface area contributed by atoms with Crippen LogP contribution in [0.2, 0.25) is 0 Å². The molecule has 8 aromatic rings. The molecule has 1 aromatic heterocycles. The van der Waals surface area contributed by atoms with Gasteiger partial charge in [-0.25, -0.2) is 0 Å². The van der Waals surface area contributed by atoms with Crippen molar-refractivity contribution >= 4 is 21.5 Å². The summed E-state index contributed by atoms with van der Waals surface area (Å²) >= 11 is 0. The van der Waals surface area contributed by atoms with E-state index < -0.39 is 0 Å². The van der Waals surface area contributed by atoms with Crippen molar-refractivity contribution < 1.29 is 0 Å². The summed E-state index contributed by atoms with van der Waals surface area (Å²) in [6.07, 6.45) is 2.02. The first kappa shape index (κ1) is 27.5. The summed E-state index contributed by atoms with van der Waals surface area (Å²) in [4.78, 5) is 5.08. The van der Waals surface area contributed by atoms with E-state index in [0.717, 1.165) is 16.8 Å². The van der Waals surface area contributed by atoms with Gasteiger partial charge in [-0.3, -0.25) is 4.98 Å². The van der Waals surface area contributed by atoms with Crippen LogP contribution in [0.25, 0.3) is 77.3 Å². The second kappa shape index (κ2) is 10.6. The molecule has 1 nitrogen and oxygen atoms in total. The lowest BCUT2D eigenvalue weighted by Crippen LogP contribution is -2.14. The van der Waals surface area contributed by atoms with Gasteiger partial charge in [0.1, 0.15) is 0 Å². The van der Waals surface area contributed by atoms with E-state index in [2.05, 4.69) is 172 Å². The molecule has 47 heavy (non-hydrogen) atoms. The zero-order valence-corrected chi connectivity index (χ0v) is 26.5. The van der Waals surface area contributed by atoms with Crippen LogP contribution in [0.4, 0.5) is 0 Å². The van der Waals surface area contributed by atoms with E-state index in [0.29, 0.717) is 0 Å². The molecule has 1 heterocycles. The van der Waals surface area contributed by atoms with E-state index in [9.17, 15) is 0 Å². The Hall–Kier alpha value is -5.79. The molecule has 0 saturated heterocycles. The molecule has 0 radical (unpaired) electrons. The first-order valence-corrected chi connectivity index (χ1v) is 16.4. The summed E-state index contributed by atoms with van der Waals surface area (Å²) in [5, 5.41) is 4.92. The van der Waals surface area contributed by atoms with E-state index >= 15 is 0 Å². The van der Waals surface area contributed by atoms with Gasteiger partial charge in [0.15, 0.2) is 0 Å². The maximum absolute atomic E-state index is 5.08. The smallest absolute Gasteiger partial charge is 0.0714 e. The highest BCUT2D eigenvalue weighted by Gasteiger charge is 2.35. The average Bonchev–Trinajstić information content (AvgIpc) is 3.36. The van der Waals surface area contributed by atoms with Crippen molar-refractivity contribution in [3.05, 3.63) is 175 Å². The Balaban J connectivity index is 1.08. The number of rotatable bonds is 4. The third-order valence-corrected chi connectivity index (χ3v) is 10.1. The molecule has 0 aliphatic heterocycles. The summed E-state index contributed by atoms with van der Waals surface area (Å²) in [6.45, 7) is 4.68. The van der Waals surface area contributed by atoms with Crippen molar-refractivity contribution in [3.63, 3.8) is 0 Å². The molecule has 1 heteroatoms. The van der Waals surface area contributed by atoms with Crippen LogP contribution in [0, 0.1) is 0 Å². The van der Waals surface area contributed by atoms with Gasteiger partial charge in [-0.2, -0.15) is 0 Å². The second-order valence-corrected chi connectivity index (χ2v) is 13.1. The largest absolute Gasteiger partial charge is 0.256 e. The van der Waals surface area contributed by atoms with E-state index in [4.69, 9.17) is 4.98 Å². The van der Waals surface area contributed by atoms with Crippen LogP contribution in [0.5, 0.6) is 0 Å². The maximum Gasteiger partial charge on any atom is 0.0714 e. The summed E-state index contributed by atoms with van der Waals surface area (Å²) in [7, 11) is 0. The molecule has 9 rings (SSSR count). The number of pyridine rings is 1.